The summed E-state index contributed by atoms with van der Waals surface area (Å²) in [5, 5.41) is 13.5. The van der Waals surface area contributed by atoms with E-state index < -0.39 is 6.10 Å². The van der Waals surface area contributed by atoms with Crippen molar-refractivity contribution in [1.29, 1.82) is 0 Å². The third-order valence-electron chi connectivity index (χ3n) is 3.41. The lowest BCUT2D eigenvalue weighted by molar-refractivity contribution is 0.132. The van der Waals surface area contributed by atoms with Crippen molar-refractivity contribution in [2.75, 3.05) is 6.54 Å². The Morgan fingerprint density at radius 2 is 2.25 bits per heavy atom. The molecule has 3 heteroatoms. The Balaban J connectivity index is 1.90. The maximum absolute atomic E-state index is 10.0. The van der Waals surface area contributed by atoms with E-state index in [2.05, 4.69) is 28.2 Å². The zero-order valence-corrected chi connectivity index (χ0v) is 11.1. The Kier molecular flexibility index (Phi) is 3.67. The van der Waals surface area contributed by atoms with Crippen molar-refractivity contribution in [3.8, 4) is 0 Å². The first-order valence-electron chi connectivity index (χ1n) is 5.78. The average Bonchev–Trinajstić information content (AvgIpc) is 2.23. The lowest BCUT2D eigenvalue weighted by Gasteiger charge is -2.40. The van der Waals surface area contributed by atoms with Crippen LogP contribution in [0.2, 0.25) is 0 Å². The van der Waals surface area contributed by atoms with Crippen LogP contribution in [0.15, 0.2) is 28.7 Å². The summed E-state index contributed by atoms with van der Waals surface area (Å²) in [4.78, 5) is 0. The first-order chi connectivity index (χ1) is 7.59. The summed E-state index contributed by atoms with van der Waals surface area (Å²) in [5.74, 6) is 0. The SMILES string of the molecule is CC1(NCC(O)c2cccc(Br)c2)CCC1. The van der Waals surface area contributed by atoms with Crippen molar-refractivity contribution in [2.24, 2.45) is 0 Å². The number of hydrogen-bond acceptors (Lipinski definition) is 2. The van der Waals surface area contributed by atoms with Gasteiger partial charge in [-0.2, -0.15) is 0 Å². The first-order valence-corrected chi connectivity index (χ1v) is 6.57. The average molecular weight is 284 g/mol. The smallest absolute Gasteiger partial charge is 0.0914 e. The van der Waals surface area contributed by atoms with E-state index in [0.29, 0.717) is 6.54 Å². The molecular formula is C13H18BrNO. The van der Waals surface area contributed by atoms with Gasteiger partial charge in [0.05, 0.1) is 6.10 Å². The number of halogens is 1. The van der Waals surface area contributed by atoms with Crippen LogP contribution in [0.1, 0.15) is 37.9 Å². The summed E-state index contributed by atoms with van der Waals surface area (Å²) in [6.07, 6.45) is 3.32. The number of aliphatic hydroxyl groups is 1. The summed E-state index contributed by atoms with van der Waals surface area (Å²) in [7, 11) is 0. The van der Waals surface area contributed by atoms with E-state index in [1.165, 1.54) is 19.3 Å². The highest BCUT2D eigenvalue weighted by Crippen LogP contribution is 2.31. The van der Waals surface area contributed by atoms with Gasteiger partial charge in [-0.25, -0.2) is 0 Å². The predicted molar refractivity (Wildman–Crippen MR) is 69.4 cm³/mol. The van der Waals surface area contributed by atoms with Crippen molar-refractivity contribution in [2.45, 2.75) is 37.8 Å². The van der Waals surface area contributed by atoms with E-state index in [4.69, 9.17) is 0 Å². The van der Waals surface area contributed by atoms with E-state index in [1.54, 1.807) is 0 Å². The minimum absolute atomic E-state index is 0.257. The molecule has 1 aliphatic rings. The largest absolute Gasteiger partial charge is 0.387 e. The lowest BCUT2D eigenvalue weighted by atomic mass is 9.78. The number of nitrogens with one attached hydrogen (secondary N) is 1. The second kappa shape index (κ2) is 4.86. The highest BCUT2D eigenvalue weighted by Gasteiger charge is 2.31. The molecule has 0 aliphatic heterocycles. The first kappa shape index (κ1) is 12.1. The molecule has 1 aliphatic carbocycles. The summed E-state index contributed by atoms with van der Waals surface area (Å²) < 4.78 is 1.01. The van der Waals surface area contributed by atoms with Gasteiger partial charge in [0.15, 0.2) is 0 Å². The van der Waals surface area contributed by atoms with Crippen molar-refractivity contribution < 1.29 is 5.11 Å². The van der Waals surface area contributed by atoms with Crippen LogP contribution in [0.3, 0.4) is 0 Å². The van der Waals surface area contributed by atoms with Crippen molar-refractivity contribution in [1.82, 2.24) is 5.32 Å². The molecule has 1 fully saturated rings. The molecule has 0 radical (unpaired) electrons. The fraction of sp³-hybridized carbons (Fsp3) is 0.538. The number of benzene rings is 1. The Bertz CT molecular complexity index is 363. The molecule has 1 unspecified atom stereocenters. The third-order valence-corrected chi connectivity index (χ3v) is 3.91. The normalized spacial score (nSPS) is 20.2. The molecule has 1 aromatic rings. The molecule has 0 spiro atoms. The zero-order chi connectivity index (χ0) is 11.6. The highest BCUT2D eigenvalue weighted by molar-refractivity contribution is 9.10. The Morgan fingerprint density at radius 3 is 2.81 bits per heavy atom. The molecule has 1 saturated carbocycles. The van der Waals surface area contributed by atoms with Crippen LogP contribution in [-0.4, -0.2) is 17.2 Å². The monoisotopic (exact) mass is 283 g/mol. The van der Waals surface area contributed by atoms with Gasteiger partial charge < -0.3 is 10.4 Å². The summed E-state index contributed by atoms with van der Waals surface area (Å²) >= 11 is 3.41. The Morgan fingerprint density at radius 1 is 1.50 bits per heavy atom. The lowest BCUT2D eigenvalue weighted by Crippen LogP contribution is -2.49. The van der Waals surface area contributed by atoms with Crippen LogP contribution >= 0.6 is 15.9 Å². The summed E-state index contributed by atoms with van der Waals surface area (Å²) in [6.45, 7) is 2.86. The van der Waals surface area contributed by atoms with E-state index in [0.717, 1.165) is 10.0 Å². The van der Waals surface area contributed by atoms with Crippen molar-refractivity contribution in [3.05, 3.63) is 34.3 Å². The van der Waals surface area contributed by atoms with Gasteiger partial charge in [0.25, 0.3) is 0 Å². The standard InChI is InChI=1S/C13H18BrNO/c1-13(6-3-7-13)15-9-12(16)10-4-2-5-11(14)8-10/h2,4-5,8,12,15-16H,3,6-7,9H2,1H3. The maximum Gasteiger partial charge on any atom is 0.0914 e. The minimum atomic E-state index is -0.421. The van der Waals surface area contributed by atoms with E-state index in [9.17, 15) is 5.11 Å². The minimum Gasteiger partial charge on any atom is -0.387 e. The van der Waals surface area contributed by atoms with Gasteiger partial charge in [-0.05, 0) is 43.9 Å². The van der Waals surface area contributed by atoms with Crippen LogP contribution in [0, 0.1) is 0 Å². The molecule has 2 rings (SSSR count). The Hall–Kier alpha value is -0.380. The second-order valence-corrected chi connectivity index (χ2v) is 5.78. The number of hydrogen-bond donors (Lipinski definition) is 2. The van der Waals surface area contributed by atoms with Crippen LogP contribution in [0.5, 0.6) is 0 Å². The molecule has 88 valence electrons. The highest BCUT2D eigenvalue weighted by atomic mass is 79.9. The molecule has 0 heterocycles. The van der Waals surface area contributed by atoms with Crippen LogP contribution in [-0.2, 0) is 0 Å². The fourth-order valence-electron chi connectivity index (χ4n) is 2.06. The van der Waals surface area contributed by atoms with Gasteiger partial charge in [0, 0.05) is 16.6 Å². The molecule has 16 heavy (non-hydrogen) atoms. The van der Waals surface area contributed by atoms with Gasteiger partial charge in [0.2, 0.25) is 0 Å². The fourth-order valence-corrected chi connectivity index (χ4v) is 2.48. The van der Waals surface area contributed by atoms with Crippen LogP contribution < -0.4 is 5.32 Å². The van der Waals surface area contributed by atoms with Gasteiger partial charge in [0.1, 0.15) is 0 Å². The Labute approximate surface area is 105 Å². The third kappa shape index (κ3) is 2.84. The molecule has 1 atom stereocenters. The van der Waals surface area contributed by atoms with Gasteiger partial charge >= 0.3 is 0 Å². The van der Waals surface area contributed by atoms with Crippen molar-refractivity contribution in [3.63, 3.8) is 0 Å². The molecule has 2 nitrogen and oxygen atoms in total. The van der Waals surface area contributed by atoms with Gasteiger partial charge in [-0.1, -0.05) is 28.1 Å². The van der Waals surface area contributed by atoms with E-state index >= 15 is 0 Å². The predicted octanol–water partition coefficient (Wildman–Crippen LogP) is 3.01. The number of aliphatic hydroxyl groups excluding tert-OH is 1. The summed E-state index contributed by atoms with van der Waals surface area (Å²) in [6, 6.07) is 7.85. The number of β-amino-alcohol motifs (C(OH)–C–C–N with tert-alkyl or cyclic N) is 1. The van der Waals surface area contributed by atoms with Gasteiger partial charge in [-0.3, -0.25) is 0 Å². The van der Waals surface area contributed by atoms with E-state index in [1.807, 2.05) is 24.3 Å². The van der Waals surface area contributed by atoms with E-state index in [-0.39, 0.29) is 5.54 Å². The second-order valence-electron chi connectivity index (χ2n) is 4.87. The van der Waals surface area contributed by atoms with Crippen LogP contribution in [0.25, 0.3) is 0 Å². The maximum atomic E-state index is 10.0. The van der Waals surface area contributed by atoms with Crippen LogP contribution in [0.4, 0.5) is 0 Å². The van der Waals surface area contributed by atoms with Crippen molar-refractivity contribution >= 4 is 15.9 Å². The molecule has 0 aromatic heterocycles. The number of rotatable bonds is 4. The molecule has 1 aromatic carbocycles. The quantitative estimate of drug-likeness (QED) is 0.890. The molecule has 2 N–H and O–H groups in total. The zero-order valence-electron chi connectivity index (χ0n) is 9.54. The molecule has 0 saturated heterocycles. The summed E-state index contributed by atoms with van der Waals surface area (Å²) in [5.41, 5.74) is 1.22. The molecule has 0 amide bonds. The van der Waals surface area contributed by atoms with Gasteiger partial charge in [-0.15, -0.1) is 0 Å². The molecule has 0 bridgehead atoms. The topological polar surface area (TPSA) is 32.3 Å². The molecular weight excluding hydrogens is 266 g/mol.